The number of hydrogen-bond donors (Lipinski definition) is 3. The van der Waals surface area contributed by atoms with Crippen molar-refractivity contribution in [1.82, 2.24) is 9.88 Å². The number of benzene rings is 1. The van der Waals surface area contributed by atoms with Gasteiger partial charge in [-0.05, 0) is 49.6 Å². The Labute approximate surface area is 231 Å². The molecule has 1 aromatic carbocycles. The molecule has 10 heteroatoms. The second-order valence-corrected chi connectivity index (χ2v) is 10.5. The third-order valence-electron chi connectivity index (χ3n) is 6.46. The van der Waals surface area contributed by atoms with Crippen LogP contribution in [0.25, 0.3) is 6.08 Å². The minimum absolute atomic E-state index is 0.0196. The average Bonchev–Trinajstić information content (AvgIpc) is 3.06. The zero-order valence-corrected chi connectivity index (χ0v) is 23.3. The predicted octanol–water partition coefficient (Wildman–Crippen LogP) is 3.71. The number of fused-ring (bicyclic) bond motifs is 1. The lowest BCUT2D eigenvalue weighted by atomic mass is 10.0. The van der Waals surface area contributed by atoms with Gasteiger partial charge in [0.25, 0.3) is 5.91 Å². The second-order valence-electron chi connectivity index (χ2n) is 9.41. The van der Waals surface area contributed by atoms with E-state index in [2.05, 4.69) is 49.7 Å². The van der Waals surface area contributed by atoms with Crippen LogP contribution < -0.4 is 21.7 Å². The van der Waals surface area contributed by atoms with Crippen LogP contribution in [0.1, 0.15) is 48.5 Å². The summed E-state index contributed by atoms with van der Waals surface area (Å²) in [7, 11) is 0. The van der Waals surface area contributed by atoms with Crippen LogP contribution in [-0.2, 0) is 4.79 Å². The number of nitrogens with zero attached hydrogens (tertiary/aromatic N) is 4. The van der Waals surface area contributed by atoms with Crippen molar-refractivity contribution < 1.29 is 9.59 Å². The molecule has 2 aromatic rings. The highest BCUT2D eigenvalue weighted by atomic mass is 127. The Balaban J connectivity index is 1.49. The Bertz CT molecular complexity index is 1190. The minimum atomic E-state index is -0.271. The molecule has 0 saturated carbocycles. The number of aromatic nitrogens is 1. The van der Waals surface area contributed by atoms with Crippen LogP contribution in [0.5, 0.6) is 0 Å². The van der Waals surface area contributed by atoms with Gasteiger partial charge in [-0.25, -0.2) is 9.98 Å². The van der Waals surface area contributed by atoms with E-state index >= 15 is 0 Å². The lowest BCUT2D eigenvalue weighted by Gasteiger charge is -2.31. The first-order valence-corrected chi connectivity index (χ1v) is 14.2. The molecule has 2 aliphatic rings. The Kier molecular flexibility index (Phi) is 9.14. The molecule has 2 amide bonds. The van der Waals surface area contributed by atoms with E-state index in [4.69, 9.17) is 11.5 Å². The van der Waals surface area contributed by atoms with Crippen molar-refractivity contribution in [3.63, 3.8) is 0 Å². The van der Waals surface area contributed by atoms with Gasteiger partial charge in [0.2, 0.25) is 5.91 Å². The summed E-state index contributed by atoms with van der Waals surface area (Å²) in [5, 5.41) is 2.90. The summed E-state index contributed by atoms with van der Waals surface area (Å²) in [6, 6.07) is 9.15. The topological polar surface area (TPSA) is 130 Å². The first-order chi connectivity index (χ1) is 17.9. The molecule has 37 heavy (non-hydrogen) atoms. The average molecular weight is 616 g/mol. The quantitative estimate of drug-likeness (QED) is 0.307. The predicted molar refractivity (Wildman–Crippen MR) is 158 cm³/mol. The number of hydrogen-bond acceptors (Lipinski definition) is 7. The monoisotopic (exact) mass is 615 g/mol. The van der Waals surface area contributed by atoms with Gasteiger partial charge >= 0.3 is 0 Å². The molecule has 1 aromatic heterocycles. The number of amidine groups is 1. The van der Waals surface area contributed by atoms with Crippen LogP contribution in [-0.4, -0.2) is 64.2 Å². The Hall–Kier alpha value is -2.99. The fourth-order valence-electron chi connectivity index (χ4n) is 4.63. The van der Waals surface area contributed by atoms with Gasteiger partial charge in [0.15, 0.2) is 0 Å². The molecule has 2 aliphatic heterocycles. The van der Waals surface area contributed by atoms with Crippen molar-refractivity contribution in [2.24, 2.45) is 16.5 Å². The van der Waals surface area contributed by atoms with Crippen molar-refractivity contribution in [2.45, 2.75) is 38.6 Å². The van der Waals surface area contributed by atoms with Gasteiger partial charge in [-0.3, -0.25) is 9.59 Å². The van der Waals surface area contributed by atoms with Gasteiger partial charge in [-0.15, -0.1) is 0 Å². The maximum absolute atomic E-state index is 13.2. The standard InChI is InChI=1S/C27H34IN7O2/c1-2-10-34(12-9-28)27(37)20-13-18-5-6-19(14-23(18)33-24(30)15-20)26(36)32-22-7-8-25(31-16-22)35-11-3-4-21(29)17-35/h5-8,13-14,16,21H,2-4,9-12,15,17,29H2,1H3,(H2,30,33)(H,32,36). The molecule has 0 radical (unpaired) electrons. The van der Waals surface area contributed by atoms with Crippen molar-refractivity contribution in [3.8, 4) is 0 Å². The molecule has 1 unspecified atom stereocenters. The molecule has 5 N–H and O–H groups in total. The number of carbonyl (C=O) groups excluding carboxylic acids is 2. The number of pyridine rings is 1. The molecule has 4 rings (SSSR count). The summed E-state index contributed by atoms with van der Waals surface area (Å²) >= 11 is 2.28. The number of nitrogens with two attached hydrogens (primary N) is 2. The van der Waals surface area contributed by atoms with E-state index in [1.54, 1.807) is 18.3 Å². The van der Waals surface area contributed by atoms with E-state index in [9.17, 15) is 9.59 Å². The first kappa shape index (κ1) is 27.1. The molecule has 0 aliphatic carbocycles. The molecule has 0 bridgehead atoms. The van der Waals surface area contributed by atoms with E-state index in [0.29, 0.717) is 41.4 Å². The first-order valence-electron chi connectivity index (χ1n) is 12.7. The van der Waals surface area contributed by atoms with Gasteiger partial charge in [-0.1, -0.05) is 35.6 Å². The summed E-state index contributed by atoms with van der Waals surface area (Å²) in [6.07, 6.45) is 6.74. The Morgan fingerprint density at radius 1 is 1.24 bits per heavy atom. The number of carbonyl (C=O) groups is 2. The molecular formula is C27H34IN7O2. The number of rotatable bonds is 8. The Morgan fingerprint density at radius 2 is 2.08 bits per heavy atom. The van der Waals surface area contributed by atoms with Crippen molar-refractivity contribution >= 4 is 63.5 Å². The molecule has 0 spiro atoms. The lowest BCUT2D eigenvalue weighted by molar-refractivity contribution is -0.126. The molecule has 3 heterocycles. The molecule has 1 saturated heterocycles. The van der Waals surface area contributed by atoms with Crippen LogP contribution in [0.15, 0.2) is 47.1 Å². The summed E-state index contributed by atoms with van der Waals surface area (Å²) in [5.41, 5.74) is 15.2. The maximum atomic E-state index is 13.2. The van der Waals surface area contributed by atoms with E-state index in [-0.39, 0.29) is 24.3 Å². The van der Waals surface area contributed by atoms with Crippen molar-refractivity contribution in [1.29, 1.82) is 0 Å². The van der Waals surface area contributed by atoms with Crippen LogP contribution in [0, 0.1) is 0 Å². The highest BCUT2D eigenvalue weighted by molar-refractivity contribution is 14.1. The number of nitrogens with one attached hydrogen (secondary N) is 1. The number of halogens is 1. The van der Waals surface area contributed by atoms with Crippen molar-refractivity contribution in [2.75, 3.05) is 40.8 Å². The normalized spacial score (nSPS) is 17.3. The third-order valence-corrected chi connectivity index (χ3v) is 6.94. The van der Waals surface area contributed by atoms with Crippen LogP contribution >= 0.6 is 22.6 Å². The zero-order chi connectivity index (χ0) is 26.4. The third kappa shape index (κ3) is 6.86. The van der Waals surface area contributed by atoms with Gasteiger partial charge < -0.3 is 26.6 Å². The summed E-state index contributed by atoms with van der Waals surface area (Å²) < 4.78 is 0.861. The van der Waals surface area contributed by atoms with Crippen LogP contribution in [0.2, 0.25) is 0 Å². The number of amides is 2. The molecule has 1 atom stereocenters. The minimum Gasteiger partial charge on any atom is -0.387 e. The zero-order valence-electron chi connectivity index (χ0n) is 21.1. The number of alkyl halides is 1. The SMILES string of the molecule is CCCN(CCI)C(=O)C1=Cc2ccc(C(=O)Nc3ccc(N4CCCC(N)C4)nc3)cc2N=C(N)C1. The van der Waals surface area contributed by atoms with Crippen LogP contribution in [0.4, 0.5) is 17.2 Å². The van der Waals surface area contributed by atoms with Crippen LogP contribution in [0.3, 0.4) is 0 Å². The summed E-state index contributed by atoms with van der Waals surface area (Å²) in [5.74, 6) is 0.913. The molecule has 1 fully saturated rings. The van der Waals surface area contributed by atoms with Gasteiger partial charge in [0, 0.05) is 59.8 Å². The van der Waals surface area contributed by atoms with E-state index in [1.807, 2.05) is 29.2 Å². The molecule has 196 valence electrons. The van der Waals surface area contributed by atoms with Crippen molar-refractivity contribution in [3.05, 3.63) is 53.2 Å². The fourth-order valence-corrected chi connectivity index (χ4v) is 5.21. The van der Waals surface area contributed by atoms with E-state index < -0.39 is 0 Å². The number of anilines is 2. The highest BCUT2D eigenvalue weighted by Gasteiger charge is 2.22. The number of aliphatic imine (C=N–C) groups is 1. The molecular weight excluding hydrogens is 581 g/mol. The number of piperidine rings is 1. The molecule has 9 nitrogen and oxygen atoms in total. The Morgan fingerprint density at radius 3 is 2.78 bits per heavy atom. The van der Waals surface area contributed by atoms with Gasteiger partial charge in [-0.2, -0.15) is 0 Å². The fraction of sp³-hybridized carbons (Fsp3) is 0.407. The van der Waals surface area contributed by atoms with Gasteiger partial charge in [0.05, 0.1) is 17.6 Å². The van der Waals surface area contributed by atoms with E-state index in [0.717, 1.165) is 48.2 Å². The summed E-state index contributed by atoms with van der Waals surface area (Å²) in [6.45, 7) is 5.16. The maximum Gasteiger partial charge on any atom is 0.255 e. The highest BCUT2D eigenvalue weighted by Crippen LogP contribution is 2.29. The second kappa shape index (κ2) is 12.5. The van der Waals surface area contributed by atoms with E-state index in [1.165, 1.54) is 0 Å². The smallest absolute Gasteiger partial charge is 0.255 e. The largest absolute Gasteiger partial charge is 0.387 e. The van der Waals surface area contributed by atoms with Gasteiger partial charge in [0.1, 0.15) is 11.7 Å². The summed E-state index contributed by atoms with van der Waals surface area (Å²) in [4.78, 5) is 39.2. The lowest BCUT2D eigenvalue weighted by Crippen LogP contribution is -2.43.